The van der Waals surface area contributed by atoms with E-state index in [0.717, 1.165) is 12.8 Å². The summed E-state index contributed by atoms with van der Waals surface area (Å²) in [6.07, 6.45) is 3.81. The zero-order valence-corrected chi connectivity index (χ0v) is 14.3. The standard InChI is InChI=1S/C17H23NO5S/c19-16-11-15(17(16)7-9-22-10-8-17)18-24(20,21)14-5-3-13(4-6-14)23-12-1-2-12/h3-6,12,15-16,18-19H,1-2,7-11H2/t15-,16-/m1/s1. The molecule has 6 nitrogen and oxygen atoms in total. The first-order valence-electron chi connectivity index (χ1n) is 8.54. The molecule has 4 rings (SSSR count). The topological polar surface area (TPSA) is 84.9 Å². The van der Waals surface area contributed by atoms with Gasteiger partial charge in [0.25, 0.3) is 0 Å². The summed E-state index contributed by atoms with van der Waals surface area (Å²) < 4.78 is 39.1. The van der Waals surface area contributed by atoms with Gasteiger partial charge in [-0.2, -0.15) is 0 Å². The molecule has 1 spiro atoms. The van der Waals surface area contributed by atoms with Gasteiger partial charge in [0.05, 0.1) is 17.1 Å². The van der Waals surface area contributed by atoms with Crippen molar-refractivity contribution in [2.45, 2.75) is 55.2 Å². The van der Waals surface area contributed by atoms with Crippen LogP contribution < -0.4 is 9.46 Å². The van der Waals surface area contributed by atoms with Crippen molar-refractivity contribution in [2.75, 3.05) is 13.2 Å². The minimum Gasteiger partial charge on any atom is -0.490 e. The van der Waals surface area contributed by atoms with Crippen molar-refractivity contribution in [3.05, 3.63) is 24.3 Å². The van der Waals surface area contributed by atoms with Crippen molar-refractivity contribution in [3.8, 4) is 5.75 Å². The molecule has 3 aliphatic rings. The predicted molar refractivity (Wildman–Crippen MR) is 87.3 cm³/mol. The van der Waals surface area contributed by atoms with E-state index in [-0.39, 0.29) is 22.5 Å². The second-order valence-electron chi connectivity index (χ2n) is 7.06. The summed E-state index contributed by atoms with van der Waals surface area (Å²) in [7, 11) is -3.61. The summed E-state index contributed by atoms with van der Waals surface area (Å²) >= 11 is 0. The Morgan fingerprint density at radius 2 is 1.83 bits per heavy atom. The van der Waals surface area contributed by atoms with Crippen molar-refractivity contribution in [2.24, 2.45) is 5.41 Å². The Labute approximate surface area is 142 Å². The molecule has 7 heteroatoms. The summed E-state index contributed by atoms with van der Waals surface area (Å²) in [6, 6.07) is 6.32. The van der Waals surface area contributed by atoms with Crippen molar-refractivity contribution in [1.29, 1.82) is 0 Å². The normalized spacial score (nSPS) is 29.2. The summed E-state index contributed by atoms with van der Waals surface area (Å²) in [4.78, 5) is 0.231. The fourth-order valence-corrected chi connectivity index (χ4v) is 5.03. The molecule has 1 saturated heterocycles. The van der Waals surface area contributed by atoms with Crippen LogP contribution in [0.15, 0.2) is 29.2 Å². The molecule has 2 aliphatic carbocycles. The van der Waals surface area contributed by atoms with E-state index in [0.29, 0.717) is 38.2 Å². The molecule has 0 unspecified atom stereocenters. The molecule has 3 fully saturated rings. The van der Waals surface area contributed by atoms with Crippen LogP contribution in [0.3, 0.4) is 0 Å². The van der Waals surface area contributed by atoms with Gasteiger partial charge in [-0.3, -0.25) is 0 Å². The van der Waals surface area contributed by atoms with E-state index in [1.165, 1.54) is 0 Å². The Hall–Kier alpha value is -1.15. The fraction of sp³-hybridized carbons (Fsp3) is 0.647. The average molecular weight is 353 g/mol. The Balaban J connectivity index is 1.46. The monoisotopic (exact) mass is 353 g/mol. The molecule has 0 amide bonds. The number of aliphatic hydroxyl groups excluding tert-OH is 1. The van der Waals surface area contributed by atoms with E-state index >= 15 is 0 Å². The molecule has 0 aromatic heterocycles. The minimum atomic E-state index is -3.61. The molecular formula is C17H23NO5S. The van der Waals surface area contributed by atoms with Gasteiger partial charge >= 0.3 is 0 Å². The molecule has 1 aromatic rings. The maximum atomic E-state index is 12.6. The molecule has 1 aromatic carbocycles. The van der Waals surface area contributed by atoms with Crippen molar-refractivity contribution in [3.63, 3.8) is 0 Å². The van der Waals surface area contributed by atoms with Gasteiger partial charge in [0.15, 0.2) is 0 Å². The number of hydrogen-bond acceptors (Lipinski definition) is 5. The van der Waals surface area contributed by atoms with Crippen LogP contribution in [0.1, 0.15) is 32.1 Å². The highest BCUT2D eigenvalue weighted by Gasteiger charge is 2.55. The van der Waals surface area contributed by atoms with Gasteiger partial charge in [-0.15, -0.1) is 0 Å². The Morgan fingerprint density at radius 1 is 1.17 bits per heavy atom. The highest BCUT2D eigenvalue weighted by atomic mass is 32.2. The van der Waals surface area contributed by atoms with E-state index in [1.54, 1.807) is 24.3 Å². The van der Waals surface area contributed by atoms with Crippen molar-refractivity contribution in [1.82, 2.24) is 4.72 Å². The Morgan fingerprint density at radius 3 is 2.42 bits per heavy atom. The van der Waals surface area contributed by atoms with Crippen molar-refractivity contribution < 1.29 is 23.0 Å². The zero-order chi connectivity index (χ0) is 16.8. The number of hydrogen-bond donors (Lipinski definition) is 2. The zero-order valence-electron chi connectivity index (χ0n) is 13.5. The third kappa shape index (κ3) is 2.94. The number of ether oxygens (including phenoxy) is 2. The van der Waals surface area contributed by atoms with Crippen LogP contribution in [-0.2, 0) is 14.8 Å². The lowest BCUT2D eigenvalue weighted by Gasteiger charge is -2.55. The van der Waals surface area contributed by atoms with Crippen LogP contribution in [0.25, 0.3) is 0 Å². The molecule has 0 bridgehead atoms. The predicted octanol–water partition coefficient (Wildman–Crippen LogP) is 1.44. The van der Waals surface area contributed by atoms with Crippen LogP contribution >= 0.6 is 0 Å². The van der Waals surface area contributed by atoms with Gasteiger partial charge in [-0.25, -0.2) is 13.1 Å². The second-order valence-corrected chi connectivity index (χ2v) is 8.77. The molecule has 2 atom stereocenters. The van der Waals surface area contributed by atoms with Gasteiger partial charge in [0, 0.05) is 24.7 Å². The average Bonchev–Trinajstić information content (AvgIpc) is 3.40. The highest BCUT2D eigenvalue weighted by molar-refractivity contribution is 7.89. The number of rotatable bonds is 5. The summed E-state index contributed by atoms with van der Waals surface area (Å²) in [5.74, 6) is 0.705. The molecule has 2 saturated carbocycles. The third-order valence-electron chi connectivity index (χ3n) is 5.50. The highest BCUT2D eigenvalue weighted by Crippen LogP contribution is 2.49. The number of nitrogens with one attached hydrogen (secondary N) is 1. The van der Waals surface area contributed by atoms with Gasteiger partial charge in [0.2, 0.25) is 10.0 Å². The molecule has 2 N–H and O–H groups in total. The first-order chi connectivity index (χ1) is 11.5. The summed E-state index contributed by atoms with van der Waals surface area (Å²) in [5, 5.41) is 10.2. The number of sulfonamides is 1. The van der Waals surface area contributed by atoms with E-state index < -0.39 is 16.1 Å². The minimum absolute atomic E-state index is 0.231. The van der Waals surface area contributed by atoms with Crippen molar-refractivity contribution >= 4 is 10.0 Å². The SMILES string of the molecule is O=S(=O)(N[C@@H]1C[C@@H](O)C12CCOCC2)c1ccc(OC2CC2)cc1. The van der Waals surface area contributed by atoms with E-state index in [2.05, 4.69) is 4.72 Å². The van der Waals surface area contributed by atoms with E-state index in [4.69, 9.17) is 9.47 Å². The quantitative estimate of drug-likeness (QED) is 0.837. The van der Waals surface area contributed by atoms with Crippen LogP contribution in [-0.4, -0.2) is 45.0 Å². The van der Waals surface area contributed by atoms with Crippen LogP contribution in [0, 0.1) is 5.41 Å². The largest absolute Gasteiger partial charge is 0.490 e. The van der Waals surface area contributed by atoms with Gasteiger partial charge < -0.3 is 14.6 Å². The fourth-order valence-electron chi connectivity index (χ4n) is 3.69. The van der Waals surface area contributed by atoms with Gasteiger partial charge in [-0.05, 0) is 56.4 Å². The van der Waals surface area contributed by atoms with Crippen LogP contribution in [0.5, 0.6) is 5.75 Å². The number of aliphatic hydroxyl groups is 1. The lowest BCUT2D eigenvalue weighted by Crippen LogP contribution is -2.65. The molecule has 1 aliphatic heterocycles. The van der Waals surface area contributed by atoms with Gasteiger partial charge in [0.1, 0.15) is 5.75 Å². The van der Waals surface area contributed by atoms with Gasteiger partial charge in [-0.1, -0.05) is 0 Å². The number of benzene rings is 1. The lowest BCUT2D eigenvalue weighted by atomic mass is 9.58. The smallest absolute Gasteiger partial charge is 0.240 e. The summed E-state index contributed by atoms with van der Waals surface area (Å²) in [6.45, 7) is 1.14. The maximum Gasteiger partial charge on any atom is 0.240 e. The Bertz CT molecular complexity index is 692. The molecular weight excluding hydrogens is 330 g/mol. The summed E-state index contributed by atoms with van der Waals surface area (Å²) in [5.41, 5.74) is -0.375. The molecule has 0 radical (unpaired) electrons. The first-order valence-corrected chi connectivity index (χ1v) is 10.0. The molecule has 1 heterocycles. The molecule has 132 valence electrons. The van der Waals surface area contributed by atoms with Crippen LogP contribution in [0.2, 0.25) is 0 Å². The maximum absolute atomic E-state index is 12.6. The first kappa shape index (κ1) is 16.3. The third-order valence-corrected chi connectivity index (χ3v) is 6.99. The van der Waals surface area contributed by atoms with E-state index in [1.807, 2.05) is 0 Å². The Kier molecular flexibility index (Phi) is 4.07. The van der Waals surface area contributed by atoms with Crippen LogP contribution in [0.4, 0.5) is 0 Å². The second kappa shape index (κ2) is 5.98. The molecule has 24 heavy (non-hydrogen) atoms. The lowest BCUT2D eigenvalue weighted by molar-refractivity contribution is -0.143. The van der Waals surface area contributed by atoms with E-state index in [9.17, 15) is 13.5 Å².